The first-order valence-corrected chi connectivity index (χ1v) is 38.8. The lowest BCUT2D eigenvalue weighted by molar-refractivity contribution is -0.870. The Morgan fingerprint density at radius 3 is 1.16 bits per heavy atom. The number of halogens is 2. The van der Waals surface area contributed by atoms with Gasteiger partial charge in [-0.1, -0.05) is 184 Å². The molecule has 3 aliphatic carbocycles. The van der Waals surface area contributed by atoms with Crippen molar-refractivity contribution in [3.8, 4) is 33.4 Å². The van der Waals surface area contributed by atoms with Gasteiger partial charge in [0.1, 0.15) is 61.4 Å². The van der Waals surface area contributed by atoms with E-state index in [1.165, 1.54) is 55.6 Å². The summed E-state index contributed by atoms with van der Waals surface area (Å²) in [5.74, 6) is -1.80. The average Bonchev–Trinajstić information content (AvgIpc) is 1.62. The van der Waals surface area contributed by atoms with Crippen molar-refractivity contribution in [2.24, 2.45) is 5.41 Å². The van der Waals surface area contributed by atoms with Gasteiger partial charge in [0.15, 0.2) is 0 Å². The van der Waals surface area contributed by atoms with Crippen LogP contribution in [-0.4, -0.2) is 178 Å². The number of alkyl halides is 2. The summed E-state index contributed by atoms with van der Waals surface area (Å²) < 4.78 is 63.7. The number of quaternary nitrogens is 1. The zero-order valence-corrected chi connectivity index (χ0v) is 66.2. The summed E-state index contributed by atoms with van der Waals surface area (Å²) in [7, 11) is 5.30. The molecule has 3 aliphatic rings. The second kappa shape index (κ2) is 41.0. The number of rotatable bonds is 35. The molecule has 0 amide bonds. The number of esters is 5. The van der Waals surface area contributed by atoms with Gasteiger partial charge in [0.25, 0.3) is 0 Å². The number of fused-ring (bicyclic) bond motifs is 9. The van der Waals surface area contributed by atoms with Crippen molar-refractivity contribution < 1.29 is 94.8 Å². The number of phosphoric ester groups is 1. The highest BCUT2D eigenvalue weighted by Gasteiger charge is 2.43. The Hall–Kier alpha value is -6.09. The van der Waals surface area contributed by atoms with E-state index in [-0.39, 0.29) is 114 Å². The van der Waals surface area contributed by atoms with Crippen LogP contribution in [0.4, 0.5) is 4.79 Å². The highest BCUT2D eigenvalue weighted by molar-refractivity contribution is 9.10. The summed E-state index contributed by atoms with van der Waals surface area (Å²) in [5.41, 5.74) is 13.4. The summed E-state index contributed by atoms with van der Waals surface area (Å²) in [6, 6.07) is 49.7. The highest BCUT2D eigenvalue weighted by atomic mass is 79.9. The van der Waals surface area contributed by atoms with Gasteiger partial charge in [-0.25, -0.2) is 9.36 Å². The Kier molecular flexibility index (Phi) is 34.1. The van der Waals surface area contributed by atoms with Gasteiger partial charge in [-0.05, 0) is 126 Å². The van der Waals surface area contributed by atoms with E-state index < -0.39 is 33.8 Å². The van der Waals surface area contributed by atoms with Crippen LogP contribution in [0.1, 0.15) is 125 Å². The number of aliphatic hydroxyl groups is 1. The second-order valence-corrected chi connectivity index (χ2v) is 35.3. The van der Waals surface area contributed by atoms with E-state index in [0.717, 1.165) is 18.2 Å². The predicted octanol–water partition coefficient (Wildman–Crippen LogP) is 14.9. The molecular formula is C77H99Br2NO19P3+. The minimum absolute atomic E-state index is 0.00600. The van der Waals surface area contributed by atoms with Crippen molar-refractivity contribution in [1.82, 2.24) is 0 Å². The number of carbonyl (C=O) groups is 6. The molecule has 0 saturated heterocycles. The molecule has 6 aromatic carbocycles. The van der Waals surface area contributed by atoms with E-state index in [1.54, 1.807) is 34.6 Å². The fraction of sp³-hybridized carbons (Fsp3) is 0.455. The van der Waals surface area contributed by atoms with E-state index in [4.69, 9.17) is 52.0 Å². The summed E-state index contributed by atoms with van der Waals surface area (Å²) in [4.78, 5) is 83.3. The molecular weight excluding hydrogens is 1500 g/mol. The Labute approximate surface area is 621 Å². The van der Waals surface area contributed by atoms with Gasteiger partial charge in [0.05, 0.1) is 46.4 Å². The molecule has 0 aromatic heterocycles. The van der Waals surface area contributed by atoms with Gasteiger partial charge in [0, 0.05) is 59.5 Å². The van der Waals surface area contributed by atoms with Crippen LogP contribution in [0.5, 0.6) is 0 Å². The van der Waals surface area contributed by atoms with E-state index in [0.29, 0.717) is 63.3 Å². The first-order chi connectivity index (χ1) is 48.5. The summed E-state index contributed by atoms with van der Waals surface area (Å²) >= 11 is 6.59. The monoisotopic (exact) mass is 1590 g/mol. The number of aliphatic hydroxyl groups excluding tert-OH is 1. The summed E-state index contributed by atoms with van der Waals surface area (Å²) in [5, 5.41) is 7.28. The number of carbonyl (C=O) groups excluding carboxylic acids is 6. The third-order valence-corrected chi connectivity index (χ3v) is 19.8. The van der Waals surface area contributed by atoms with E-state index >= 15 is 0 Å². The molecule has 102 heavy (non-hydrogen) atoms. The Bertz CT molecular complexity index is 3640. The first-order valence-electron chi connectivity index (χ1n) is 33.9. The number of ether oxygens (including phenoxy) is 8. The van der Waals surface area contributed by atoms with E-state index in [1.807, 2.05) is 88.7 Å². The minimum atomic E-state index is -4.28. The number of hydrogen-bond donors (Lipinski definition) is 2. The molecule has 25 heteroatoms. The van der Waals surface area contributed by atoms with Crippen LogP contribution in [0.2, 0.25) is 0 Å². The molecule has 2 N–H and O–H groups in total. The van der Waals surface area contributed by atoms with Crippen molar-refractivity contribution in [1.29, 1.82) is 0 Å². The smallest absolute Gasteiger partial charge is 0.465 e. The number of nitrogens with zero attached hydrogens (tertiary/aromatic N) is 1. The molecule has 0 heterocycles. The lowest BCUT2D eigenvalue weighted by Crippen LogP contribution is -2.40. The zero-order valence-electron chi connectivity index (χ0n) is 60.0. The molecule has 0 saturated carbocycles. The van der Waals surface area contributed by atoms with Crippen LogP contribution >= 0.6 is 57.5 Å². The van der Waals surface area contributed by atoms with Crippen LogP contribution in [0.25, 0.3) is 33.4 Å². The third kappa shape index (κ3) is 26.5. The van der Waals surface area contributed by atoms with Gasteiger partial charge in [-0.3, -0.25) is 33.0 Å². The Morgan fingerprint density at radius 2 is 0.804 bits per heavy atom. The first kappa shape index (κ1) is 84.8. The normalized spacial score (nSPS) is 14.3. The number of benzene rings is 6. The lowest BCUT2D eigenvalue weighted by Gasteiger charge is -2.30. The molecule has 0 radical (unpaired) electrons. The van der Waals surface area contributed by atoms with Gasteiger partial charge >= 0.3 is 43.4 Å². The number of hydrogen-bond acceptors (Lipinski definition) is 18. The summed E-state index contributed by atoms with van der Waals surface area (Å²) in [6.07, 6.45) is 1.58. The van der Waals surface area contributed by atoms with Crippen LogP contribution < -0.4 is 0 Å². The van der Waals surface area contributed by atoms with Gasteiger partial charge in [-0.2, -0.15) is 0 Å². The Morgan fingerprint density at radius 1 is 0.480 bits per heavy atom. The molecule has 5 unspecified atom stereocenters. The highest BCUT2D eigenvalue weighted by Crippen LogP contribution is 2.48. The topological polar surface area (TPSA) is 252 Å². The van der Waals surface area contributed by atoms with Gasteiger partial charge < -0.3 is 52.4 Å². The maximum Gasteiger partial charge on any atom is 0.472 e. The molecule has 5 atom stereocenters. The molecule has 6 aromatic rings. The number of likely N-dealkylation sites (N-methyl/N-ethyl adjacent to an activating group) is 1. The maximum atomic E-state index is 12.8. The van der Waals surface area contributed by atoms with Crippen LogP contribution in [0, 0.1) is 5.41 Å². The molecule has 0 spiro atoms. The molecule has 0 aliphatic heterocycles. The van der Waals surface area contributed by atoms with Crippen molar-refractivity contribution in [2.45, 2.75) is 105 Å². The average molecular weight is 1600 g/mol. The van der Waals surface area contributed by atoms with Crippen molar-refractivity contribution >= 4 is 93.1 Å². The predicted molar refractivity (Wildman–Crippen MR) is 406 cm³/mol. The van der Waals surface area contributed by atoms with Gasteiger partial charge in [0.2, 0.25) is 0 Å². The standard InChI is InChI=1S/C35H49BrNO11P.C24H27BrO5.C17H18O2P2.CH4O/c1-34(2,25-35(3,36)33(40)45-22-23-48-49(41,42)47-19-17-37(4,5)6)32(39)44-21-20-43-18-11-16-31(38)46-24-30-28-14-9-7-12-26(28)27-13-8-10-15-29(27)30;1-24(2,25)23(27)29-15-14-28-13-7-12-22(26)30-16-21-19-10-5-3-8-17(19)18-9-4-6-11-20(18)21;1-11(20)21-17(18)19-10-16-14-8-4-2-6-12(14)13-7-3-5-9-15(13)16;1-2/h7-10,12-15,30H,11,16-25H2,1-6H3;3-6,8-11,21H,7,12-16H2,1-2H3;2-9,11,16,21H,10,20H2,1H3;2H,1H3/p+1. The quantitative estimate of drug-likeness (QED) is 0.00936. The van der Waals surface area contributed by atoms with Crippen molar-refractivity contribution in [3.05, 3.63) is 179 Å². The molecule has 554 valence electrons. The lowest BCUT2D eigenvalue weighted by atomic mass is 9.83. The fourth-order valence-corrected chi connectivity index (χ4v) is 14.2. The largest absolute Gasteiger partial charge is 0.472 e. The minimum Gasteiger partial charge on any atom is -0.465 e. The maximum absolute atomic E-state index is 12.8. The third-order valence-electron chi connectivity index (χ3n) is 16.5. The zero-order chi connectivity index (χ0) is 74.7. The van der Waals surface area contributed by atoms with E-state index in [2.05, 4.69) is 126 Å². The SMILES string of the molecule is CC(C)(Br)C(=O)OCCOCCCC(=O)OCC1c2ccccc2-c2ccccc21.CC(C)(CC(C)(Br)C(=O)OCCOP(=O)(O)OCC[N+](C)(C)C)C(=O)OCCOCCCC(=O)OCC1c2ccccc2-c2ccccc21.CC(P)PC(=O)OCC1c2ccccc2-c2ccccc21.CO. The van der Waals surface area contributed by atoms with Crippen LogP contribution in [0.15, 0.2) is 146 Å². The number of phosphoric acid groups is 1. The molecule has 0 bridgehead atoms. The molecule has 0 fully saturated rings. The second-order valence-electron chi connectivity index (χ2n) is 26.8. The van der Waals surface area contributed by atoms with Crippen molar-refractivity contribution in [3.63, 3.8) is 0 Å². The van der Waals surface area contributed by atoms with Crippen molar-refractivity contribution in [2.75, 3.05) is 114 Å². The molecule has 20 nitrogen and oxygen atoms in total. The van der Waals surface area contributed by atoms with Gasteiger partial charge in [-0.15, -0.1) is 9.24 Å². The molecule has 9 rings (SSSR count). The van der Waals surface area contributed by atoms with Crippen LogP contribution in [0.3, 0.4) is 0 Å². The van der Waals surface area contributed by atoms with Crippen LogP contribution in [-0.2, 0) is 75.5 Å². The summed E-state index contributed by atoms with van der Waals surface area (Å²) in [6.45, 7) is 12.6. The fourth-order valence-electron chi connectivity index (χ4n) is 11.7. The van der Waals surface area contributed by atoms with E-state index in [9.17, 15) is 38.2 Å². The Balaban J connectivity index is 0.000000260.